The van der Waals surface area contributed by atoms with E-state index in [2.05, 4.69) is 17.1 Å². The second kappa shape index (κ2) is 8.15. The Bertz CT molecular complexity index is 828. The van der Waals surface area contributed by atoms with Crippen LogP contribution in [0.2, 0.25) is 0 Å². The maximum Gasteiger partial charge on any atom is 0.355 e. The number of benzene rings is 1. The Hall–Kier alpha value is -3.08. The minimum Gasteiger partial charge on any atom is -0.497 e. The average Bonchev–Trinajstić information content (AvgIpc) is 3.14. The van der Waals surface area contributed by atoms with Gasteiger partial charge < -0.3 is 14.0 Å². The lowest BCUT2D eigenvalue weighted by molar-refractivity contribution is 0.0454. The quantitative estimate of drug-likeness (QED) is 0.620. The van der Waals surface area contributed by atoms with Gasteiger partial charge in [-0.1, -0.05) is 30.3 Å². The van der Waals surface area contributed by atoms with Crippen LogP contribution in [0.5, 0.6) is 5.75 Å². The van der Waals surface area contributed by atoms with Gasteiger partial charge in [0.25, 0.3) is 0 Å². The van der Waals surface area contributed by atoms with Gasteiger partial charge in [0, 0.05) is 25.0 Å². The SMILES string of the molecule is COc1ccnc(COC(=O)c2cccn2CCc2ccccc2)c1. The molecule has 0 aliphatic carbocycles. The third-order valence-corrected chi connectivity index (χ3v) is 3.90. The molecule has 0 spiro atoms. The van der Waals surface area contributed by atoms with Gasteiger partial charge >= 0.3 is 5.97 Å². The van der Waals surface area contributed by atoms with Crippen LogP contribution in [0.25, 0.3) is 0 Å². The van der Waals surface area contributed by atoms with E-state index in [0.717, 1.165) is 13.0 Å². The Morgan fingerprint density at radius 3 is 2.76 bits per heavy atom. The smallest absolute Gasteiger partial charge is 0.355 e. The van der Waals surface area contributed by atoms with E-state index >= 15 is 0 Å². The van der Waals surface area contributed by atoms with Crippen LogP contribution in [0, 0.1) is 0 Å². The minimum atomic E-state index is -0.359. The number of carbonyl (C=O) groups is 1. The van der Waals surface area contributed by atoms with Crippen molar-refractivity contribution < 1.29 is 14.3 Å². The van der Waals surface area contributed by atoms with Crippen molar-refractivity contribution in [1.82, 2.24) is 9.55 Å². The molecule has 5 nitrogen and oxygen atoms in total. The van der Waals surface area contributed by atoms with Crippen LogP contribution in [0.4, 0.5) is 0 Å². The molecule has 0 saturated heterocycles. The van der Waals surface area contributed by atoms with Crippen LogP contribution in [0.1, 0.15) is 21.7 Å². The number of rotatable bonds is 7. The average molecular weight is 336 g/mol. The molecule has 2 heterocycles. The van der Waals surface area contributed by atoms with Crippen molar-refractivity contribution in [2.75, 3.05) is 7.11 Å². The van der Waals surface area contributed by atoms with Gasteiger partial charge in [-0.15, -0.1) is 0 Å². The summed E-state index contributed by atoms with van der Waals surface area (Å²) in [5.74, 6) is 0.329. The Kier molecular flexibility index (Phi) is 5.46. The number of hydrogen-bond acceptors (Lipinski definition) is 4. The highest BCUT2D eigenvalue weighted by Crippen LogP contribution is 2.12. The number of esters is 1. The molecule has 0 atom stereocenters. The summed E-state index contributed by atoms with van der Waals surface area (Å²) in [6, 6.07) is 17.3. The molecule has 3 aromatic rings. The van der Waals surface area contributed by atoms with Crippen molar-refractivity contribution >= 4 is 5.97 Å². The second-order valence-electron chi connectivity index (χ2n) is 5.59. The fraction of sp³-hybridized carbons (Fsp3) is 0.200. The molecule has 0 unspecified atom stereocenters. The predicted molar refractivity (Wildman–Crippen MR) is 94.5 cm³/mol. The first-order chi connectivity index (χ1) is 12.3. The second-order valence-corrected chi connectivity index (χ2v) is 5.59. The summed E-state index contributed by atoms with van der Waals surface area (Å²) in [5.41, 5.74) is 2.42. The first kappa shape index (κ1) is 16.8. The van der Waals surface area contributed by atoms with Gasteiger partial charge in [0.15, 0.2) is 0 Å². The minimum absolute atomic E-state index is 0.111. The van der Waals surface area contributed by atoms with E-state index in [0.29, 0.717) is 17.1 Å². The zero-order valence-electron chi connectivity index (χ0n) is 14.1. The molecule has 128 valence electrons. The topological polar surface area (TPSA) is 53.4 Å². The van der Waals surface area contributed by atoms with Crippen LogP contribution < -0.4 is 4.74 Å². The van der Waals surface area contributed by atoms with E-state index in [-0.39, 0.29) is 12.6 Å². The summed E-state index contributed by atoms with van der Waals surface area (Å²) < 4.78 is 12.4. The van der Waals surface area contributed by atoms with Crippen molar-refractivity contribution in [2.24, 2.45) is 0 Å². The fourth-order valence-electron chi connectivity index (χ4n) is 2.56. The van der Waals surface area contributed by atoms with Crippen molar-refractivity contribution in [3.05, 3.63) is 83.9 Å². The Morgan fingerprint density at radius 1 is 1.12 bits per heavy atom. The number of methoxy groups -OCH3 is 1. The molecule has 0 saturated carbocycles. The standard InChI is InChI=1S/C20H20N2O3/c1-24-18-9-11-21-17(14-18)15-25-20(23)19-8-5-12-22(19)13-10-16-6-3-2-4-7-16/h2-9,11-12,14H,10,13,15H2,1H3. The van der Waals surface area contributed by atoms with Crippen molar-refractivity contribution in [1.29, 1.82) is 0 Å². The Balaban J connectivity index is 1.60. The van der Waals surface area contributed by atoms with Gasteiger partial charge in [0.05, 0.1) is 12.8 Å². The molecule has 25 heavy (non-hydrogen) atoms. The molecular weight excluding hydrogens is 316 g/mol. The zero-order valence-corrected chi connectivity index (χ0v) is 14.1. The number of aryl methyl sites for hydroxylation is 2. The number of pyridine rings is 1. The van der Waals surface area contributed by atoms with Gasteiger partial charge in [-0.2, -0.15) is 0 Å². The van der Waals surface area contributed by atoms with E-state index in [4.69, 9.17) is 9.47 Å². The van der Waals surface area contributed by atoms with Gasteiger partial charge in [0.1, 0.15) is 18.1 Å². The highest BCUT2D eigenvalue weighted by molar-refractivity contribution is 5.87. The van der Waals surface area contributed by atoms with Gasteiger partial charge in [-0.05, 0) is 30.2 Å². The van der Waals surface area contributed by atoms with Crippen LogP contribution in [0.15, 0.2) is 67.0 Å². The summed E-state index contributed by atoms with van der Waals surface area (Å²) in [7, 11) is 1.59. The van der Waals surface area contributed by atoms with E-state index in [9.17, 15) is 4.79 Å². The van der Waals surface area contributed by atoms with Crippen molar-refractivity contribution in [3.63, 3.8) is 0 Å². The van der Waals surface area contributed by atoms with Gasteiger partial charge in [-0.25, -0.2) is 4.79 Å². The molecule has 0 N–H and O–H groups in total. The molecule has 0 amide bonds. The summed E-state index contributed by atoms with van der Waals surface area (Å²) >= 11 is 0. The molecule has 0 radical (unpaired) electrons. The Morgan fingerprint density at radius 2 is 1.96 bits per heavy atom. The number of ether oxygens (including phenoxy) is 2. The highest BCUT2D eigenvalue weighted by atomic mass is 16.5. The highest BCUT2D eigenvalue weighted by Gasteiger charge is 2.13. The van der Waals surface area contributed by atoms with E-state index in [1.807, 2.05) is 35.0 Å². The van der Waals surface area contributed by atoms with Crippen molar-refractivity contribution in [2.45, 2.75) is 19.6 Å². The van der Waals surface area contributed by atoms with E-state index in [1.165, 1.54) is 5.56 Å². The molecule has 0 aliphatic heterocycles. The molecule has 0 fully saturated rings. The summed E-state index contributed by atoms with van der Waals surface area (Å²) in [4.78, 5) is 16.5. The van der Waals surface area contributed by atoms with Crippen LogP contribution >= 0.6 is 0 Å². The van der Waals surface area contributed by atoms with Gasteiger partial charge in [0.2, 0.25) is 0 Å². The third kappa shape index (κ3) is 4.47. The maximum absolute atomic E-state index is 12.4. The Labute approximate surface area is 146 Å². The fourth-order valence-corrected chi connectivity index (χ4v) is 2.56. The largest absolute Gasteiger partial charge is 0.497 e. The maximum atomic E-state index is 12.4. The number of aromatic nitrogens is 2. The monoisotopic (exact) mass is 336 g/mol. The van der Waals surface area contributed by atoms with Crippen molar-refractivity contribution in [3.8, 4) is 5.75 Å². The van der Waals surface area contributed by atoms with Crippen LogP contribution in [-0.2, 0) is 24.3 Å². The number of nitrogens with zero attached hydrogens (tertiary/aromatic N) is 2. The van der Waals surface area contributed by atoms with Crippen LogP contribution in [0.3, 0.4) is 0 Å². The molecular formula is C20H20N2O3. The summed E-state index contributed by atoms with van der Waals surface area (Å²) in [6.45, 7) is 0.832. The molecule has 2 aromatic heterocycles. The molecule has 0 bridgehead atoms. The predicted octanol–water partition coefficient (Wildman–Crippen LogP) is 3.49. The summed E-state index contributed by atoms with van der Waals surface area (Å²) in [5, 5.41) is 0. The molecule has 3 rings (SSSR count). The number of carbonyl (C=O) groups excluding carboxylic acids is 1. The third-order valence-electron chi connectivity index (χ3n) is 3.90. The molecule has 5 heteroatoms. The lowest BCUT2D eigenvalue weighted by Crippen LogP contribution is -2.13. The normalized spacial score (nSPS) is 10.4. The van der Waals surface area contributed by atoms with E-state index in [1.54, 1.807) is 31.5 Å². The first-order valence-corrected chi connectivity index (χ1v) is 8.11. The zero-order chi connectivity index (χ0) is 17.5. The van der Waals surface area contributed by atoms with Crippen LogP contribution in [-0.4, -0.2) is 22.6 Å². The van der Waals surface area contributed by atoms with E-state index < -0.39 is 0 Å². The lowest BCUT2D eigenvalue weighted by atomic mass is 10.1. The molecule has 1 aromatic carbocycles. The molecule has 0 aliphatic rings. The van der Waals surface area contributed by atoms with Gasteiger partial charge in [-0.3, -0.25) is 4.98 Å². The lowest BCUT2D eigenvalue weighted by Gasteiger charge is -2.10. The summed E-state index contributed by atoms with van der Waals surface area (Å²) in [6.07, 6.45) is 4.38. The first-order valence-electron chi connectivity index (χ1n) is 8.11. The number of hydrogen-bond donors (Lipinski definition) is 0.